The highest BCUT2D eigenvalue weighted by atomic mass is 32.2. The van der Waals surface area contributed by atoms with Gasteiger partial charge in [-0.15, -0.1) is 0 Å². The highest BCUT2D eigenvalue weighted by molar-refractivity contribution is 7.93. The van der Waals surface area contributed by atoms with Gasteiger partial charge in [0.25, 0.3) is 0 Å². The van der Waals surface area contributed by atoms with E-state index in [0.29, 0.717) is 12.0 Å². The summed E-state index contributed by atoms with van der Waals surface area (Å²) in [6, 6.07) is 8.16. The lowest BCUT2D eigenvalue weighted by molar-refractivity contribution is -0.148. The molecule has 3 rings (SSSR count). The molecule has 3 atom stereocenters. The van der Waals surface area contributed by atoms with Gasteiger partial charge in [-0.3, -0.25) is 4.79 Å². The second-order valence-electron chi connectivity index (χ2n) is 9.43. The van der Waals surface area contributed by atoms with Gasteiger partial charge in [0, 0.05) is 12.3 Å². The molecule has 1 aromatic rings. The third-order valence-electron chi connectivity index (χ3n) is 6.66. The van der Waals surface area contributed by atoms with Crippen LogP contribution in [-0.4, -0.2) is 40.2 Å². The summed E-state index contributed by atoms with van der Waals surface area (Å²) >= 11 is 0. The second-order valence-corrected chi connectivity index (χ2v) is 16.4. The number of rotatable bonds is 6. The van der Waals surface area contributed by atoms with Crippen molar-refractivity contribution in [3.05, 3.63) is 42.5 Å². The number of esters is 1. The fourth-order valence-corrected chi connectivity index (χ4v) is 7.11. The minimum Gasteiger partial charge on any atom is -0.461 e. The Hall–Kier alpha value is -1.44. The van der Waals surface area contributed by atoms with Gasteiger partial charge in [0.1, 0.15) is 6.10 Å². The van der Waals surface area contributed by atoms with Gasteiger partial charge in [-0.25, -0.2) is 8.42 Å². The molecule has 0 amide bonds. The molecule has 1 aliphatic heterocycles. The summed E-state index contributed by atoms with van der Waals surface area (Å²) in [6.45, 7) is 15.2. The van der Waals surface area contributed by atoms with Crippen molar-refractivity contribution in [2.75, 3.05) is 6.61 Å². The van der Waals surface area contributed by atoms with Crippen LogP contribution in [0.2, 0.25) is 18.1 Å². The Morgan fingerprint density at radius 3 is 2.43 bits per heavy atom. The summed E-state index contributed by atoms with van der Waals surface area (Å²) in [7, 11) is -5.93. The lowest BCUT2D eigenvalue weighted by Gasteiger charge is -2.38. The topological polar surface area (TPSA) is 69.7 Å². The molecule has 1 aromatic carbocycles. The molecule has 2 bridgehead atoms. The summed E-state index contributed by atoms with van der Waals surface area (Å²) in [6.07, 6.45) is 0.297. The van der Waals surface area contributed by atoms with Crippen molar-refractivity contribution in [2.24, 2.45) is 5.92 Å². The Kier molecular flexibility index (Phi) is 5.18. The van der Waals surface area contributed by atoms with Crippen LogP contribution < -0.4 is 0 Å². The predicted octanol–water partition coefficient (Wildman–Crippen LogP) is 4.11. The summed E-state index contributed by atoms with van der Waals surface area (Å²) in [5.74, 6) is -1.14. The second kappa shape index (κ2) is 6.81. The standard InChI is InChI=1S/C21H30O5SSi/c1-15(14-25-28(5,6)20(2,3)4)18-12-16-13-21(18,19(22)26-16)27(23,24)17-10-8-7-9-11-17/h7-11,16,18H,1,12-14H2,2-6H3/t16-,18-,21+/m0/s1. The van der Waals surface area contributed by atoms with Crippen molar-refractivity contribution in [2.45, 2.75) is 67.5 Å². The number of hydrogen-bond acceptors (Lipinski definition) is 5. The summed E-state index contributed by atoms with van der Waals surface area (Å²) in [5, 5.41) is 0.0364. The summed E-state index contributed by atoms with van der Waals surface area (Å²) in [5.41, 5.74) is 0.670. The molecule has 28 heavy (non-hydrogen) atoms. The Bertz CT molecular complexity index is 885. The fourth-order valence-electron chi connectivity index (χ4n) is 3.89. The van der Waals surface area contributed by atoms with E-state index in [1.54, 1.807) is 18.2 Å². The molecular weight excluding hydrogens is 392 g/mol. The van der Waals surface area contributed by atoms with E-state index in [-0.39, 0.29) is 29.1 Å². The van der Waals surface area contributed by atoms with Gasteiger partial charge in [0.05, 0.1) is 11.5 Å². The zero-order chi connectivity index (χ0) is 21.0. The van der Waals surface area contributed by atoms with Crippen molar-refractivity contribution >= 4 is 24.1 Å². The van der Waals surface area contributed by atoms with E-state index < -0.39 is 34.8 Å². The van der Waals surface area contributed by atoms with Crippen LogP contribution in [0.3, 0.4) is 0 Å². The summed E-state index contributed by atoms with van der Waals surface area (Å²) < 4.78 is 37.1. The van der Waals surface area contributed by atoms with Crippen molar-refractivity contribution < 1.29 is 22.4 Å². The number of ether oxygens (including phenoxy) is 1. The van der Waals surface area contributed by atoms with E-state index >= 15 is 0 Å². The van der Waals surface area contributed by atoms with Crippen LogP contribution in [0.5, 0.6) is 0 Å². The van der Waals surface area contributed by atoms with Crippen molar-refractivity contribution in [1.82, 2.24) is 0 Å². The van der Waals surface area contributed by atoms with E-state index in [4.69, 9.17) is 9.16 Å². The molecule has 0 spiro atoms. The first kappa shape index (κ1) is 21.3. The highest BCUT2D eigenvalue weighted by Crippen LogP contribution is 2.54. The number of sulfone groups is 1. The minimum absolute atomic E-state index is 0.0364. The molecule has 0 N–H and O–H groups in total. The zero-order valence-electron chi connectivity index (χ0n) is 17.3. The van der Waals surface area contributed by atoms with Crippen molar-refractivity contribution in [3.8, 4) is 0 Å². The van der Waals surface area contributed by atoms with E-state index in [1.165, 1.54) is 12.1 Å². The molecule has 1 heterocycles. The molecule has 0 radical (unpaired) electrons. The molecule has 1 aliphatic carbocycles. The average molecular weight is 423 g/mol. The minimum atomic E-state index is -3.91. The Morgan fingerprint density at radius 2 is 1.89 bits per heavy atom. The van der Waals surface area contributed by atoms with E-state index in [2.05, 4.69) is 40.4 Å². The predicted molar refractivity (Wildman–Crippen MR) is 111 cm³/mol. The molecule has 1 saturated carbocycles. The molecule has 5 nitrogen and oxygen atoms in total. The van der Waals surface area contributed by atoms with E-state index in [0.717, 1.165) is 0 Å². The summed E-state index contributed by atoms with van der Waals surface area (Å²) in [4.78, 5) is 12.9. The molecule has 2 fully saturated rings. The molecular formula is C21H30O5SSi. The Morgan fingerprint density at radius 1 is 1.29 bits per heavy atom. The SMILES string of the molecule is C=C(CO[Si](C)(C)C(C)(C)C)[C@@H]1C[C@H]2C[C@]1(S(=O)(=O)c1ccccc1)C(=O)O2. The van der Waals surface area contributed by atoms with Gasteiger partial charge in [-0.2, -0.15) is 0 Å². The molecule has 0 unspecified atom stereocenters. The smallest absolute Gasteiger partial charge is 0.328 e. The first-order chi connectivity index (χ1) is 12.8. The van der Waals surface area contributed by atoms with Gasteiger partial charge >= 0.3 is 5.97 Å². The third kappa shape index (κ3) is 3.17. The van der Waals surface area contributed by atoms with E-state index in [1.807, 2.05) is 0 Å². The monoisotopic (exact) mass is 422 g/mol. The average Bonchev–Trinajstić information content (AvgIpc) is 3.15. The number of benzene rings is 1. The van der Waals surface area contributed by atoms with Crippen LogP contribution in [0.25, 0.3) is 0 Å². The fraction of sp³-hybridized carbons (Fsp3) is 0.571. The van der Waals surface area contributed by atoms with E-state index in [9.17, 15) is 13.2 Å². The number of hydrogen-bond donors (Lipinski definition) is 0. The molecule has 2 aliphatic rings. The normalized spacial score (nSPS) is 27.7. The van der Waals surface area contributed by atoms with Gasteiger partial charge in [0.15, 0.2) is 22.9 Å². The first-order valence-corrected chi connectivity index (χ1v) is 14.0. The van der Waals surface area contributed by atoms with Crippen LogP contribution in [-0.2, 0) is 23.8 Å². The van der Waals surface area contributed by atoms with Gasteiger partial charge in [-0.1, -0.05) is 45.5 Å². The lowest BCUT2D eigenvalue weighted by Crippen LogP contribution is -2.50. The van der Waals surface area contributed by atoms with Crippen molar-refractivity contribution in [3.63, 3.8) is 0 Å². The van der Waals surface area contributed by atoms with Crippen LogP contribution in [0, 0.1) is 5.92 Å². The van der Waals surface area contributed by atoms with Crippen molar-refractivity contribution in [1.29, 1.82) is 0 Å². The number of fused-ring (bicyclic) bond motifs is 2. The quantitative estimate of drug-likeness (QED) is 0.392. The number of carbonyl (C=O) groups excluding carboxylic acids is 1. The highest BCUT2D eigenvalue weighted by Gasteiger charge is 2.68. The molecule has 0 aromatic heterocycles. The third-order valence-corrected chi connectivity index (χ3v) is 13.6. The van der Waals surface area contributed by atoms with Crippen LogP contribution in [0.4, 0.5) is 0 Å². The first-order valence-electron chi connectivity index (χ1n) is 9.65. The van der Waals surface area contributed by atoms with Crippen LogP contribution in [0.1, 0.15) is 33.6 Å². The molecule has 154 valence electrons. The maximum absolute atomic E-state index is 13.5. The van der Waals surface area contributed by atoms with Gasteiger partial charge in [0.2, 0.25) is 0 Å². The van der Waals surface area contributed by atoms with Crippen LogP contribution >= 0.6 is 0 Å². The molecule has 1 saturated heterocycles. The van der Waals surface area contributed by atoms with Gasteiger partial charge in [-0.05, 0) is 42.3 Å². The zero-order valence-corrected chi connectivity index (χ0v) is 19.1. The van der Waals surface area contributed by atoms with Crippen LogP contribution in [0.15, 0.2) is 47.4 Å². The maximum Gasteiger partial charge on any atom is 0.328 e. The maximum atomic E-state index is 13.5. The Balaban J connectivity index is 1.92. The Labute approximate surface area is 169 Å². The lowest BCUT2D eigenvalue weighted by atomic mass is 9.88. The van der Waals surface area contributed by atoms with Gasteiger partial charge < -0.3 is 9.16 Å². The molecule has 7 heteroatoms. The largest absolute Gasteiger partial charge is 0.461 e. The number of carbonyl (C=O) groups is 1.